The molecule has 34 heavy (non-hydrogen) atoms. The number of para-hydroxylation sites is 2. The second-order valence-electron chi connectivity index (χ2n) is 7.68. The first-order valence-corrected chi connectivity index (χ1v) is 11.0. The van der Waals surface area contributed by atoms with Crippen LogP contribution in [0.25, 0.3) is 0 Å². The molecular formula is C27H30N2O5. The number of nitrogens with one attached hydrogen (secondary N) is 1. The minimum absolute atomic E-state index is 0.176. The first-order valence-electron chi connectivity index (χ1n) is 11.0. The molecule has 0 aliphatic carbocycles. The van der Waals surface area contributed by atoms with E-state index in [1.807, 2.05) is 66.7 Å². The standard InChI is InChI=1S/C27H30N2O5/c1-20(27(31)28-17-22-9-7-8-12-25(22)33-3)29(18-21-13-15-23(32-2)16-14-21)26(30)19-34-24-10-5-4-6-11-24/h4-16,20H,17-19H2,1-3H3,(H,28,31). The van der Waals surface area contributed by atoms with E-state index in [9.17, 15) is 9.59 Å². The number of carbonyl (C=O) groups excluding carboxylic acids is 2. The second kappa shape index (κ2) is 12.3. The van der Waals surface area contributed by atoms with Crippen molar-refractivity contribution in [2.24, 2.45) is 0 Å². The topological polar surface area (TPSA) is 77.1 Å². The smallest absolute Gasteiger partial charge is 0.261 e. The Morgan fingerprint density at radius 2 is 1.53 bits per heavy atom. The summed E-state index contributed by atoms with van der Waals surface area (Å²) in [5.74, 6) is 1.44. The van der Waals surface area contributed by atoms with E-state index in [-0.39, 0.29) is 31.5 Å². The third-order valence-corrected chi connectivity index (χ3v) is 5.43. The lowest BCUT2D eigenvalue weighted by Crippen LogP contribution is -2.48. The highest BCUT2D eigenvalue weighted by molar-refractivity contribution is 5.88. The van der Waals surface area contributed by atoms with Crippen LogP contribution in [0.2, 0.25) is 0 Å². The average Bonchev–Trinajstić information content (AvgIpc) is 2.89. The number of carbonyl (C=O) groups is 2. The number of ether oxygens (including phenoxy) is 3. The van der Waals surface area contributed by atoms with Gasteiger partial charge in [-0.25, -0.2) is 0 Å². The Bertz CT molecular complexity index is 1070. The molecule has 2 amide bonds. The fourth-order valence-electron chi connectivity index (χ4n) is 3.43. The molecule has 1 unspecified atom stereocenters. The summed E-state index contributed by atoms with van der Waals surface area (Å²) in [6, 6.07) is 23.3. The molecule has 3 rings (SSSR count). The van der Waals surface area contributed by atoms with E-state index < -0.39 is 6.04 Å². The largest absolute Gasteiger partial charge is 0.497 e. The molecule has 0 aliphatic rings. The quantitative estimate of drug-likeness (QED) is 0.469. The molecule has 0 saturated heterocycles. The number of methoxy groups -OCH3 is 2. The normalized spacial score (nSPS) is 11.3. The number of hydrogen-bond acceptors (Lipinski definition) is 5. The van der Waals surface area contributed by atoms with Gasteiger partial charge in [-0.1, -0.05) is 48.5 Å². The highest BCUT2D eigenvalue weighted by Gasteiger charge is 2.26. The maximum Gasteiger partial charge on any atom is 0.261 e. The first-order chi connectivity index (χ1) is 16.5. The maximum atomic E-state index is 13.1. The van der Waals surface area contributed by atoms with Gasteiger partial charge in [-0.05, 0) is 42.8 Å². The molecule has 1 N–H and O–H groups in total. The number of benzene rings is 3. The number of rotatable bonds is 11. The molecule has 0 aromatic heterocycles. The van der Waals surface area contributed by atoms with Crippen LogP contribution in [0.1, 0.15) is 18.1 Å². The van der Waals surface area contributed by atoms with Crippen molar-refractivity contribution in [2.45, 2.75) is 26.1 Å². The Labute approximate surface area is 200 Å². The molecule has 0 saturated carbocycles. The van der Waals surface area contributed by atoms with Crippen LogP contribution in [-0.2, 0) is 22.7 Å². The van der Waals surface area contributed by atoms with Crippen LogP contribution >= 0.6 is 0 Å². The third kappa shape index (κ3) is 6.75. The van der Waals surface area contributed by atoms with Gasteiger partial charge in [0.05, 0.1) is 14.2 Å². The fourth-order valence-corrected chi connectivity index (χ4v) is 3.43. The summed E-state index contributed by atoms with van der Waals surface area (Å²) < 4.78 is 16.2. The summed E-state index contributed by atoms with van der Waals surface area (Å²) in [6.07, 6.45) is 0. The lowest BCUT2D eigenvalue weighted by Gasteiger charge is -2.29. The molecule has 1 atom stereocenters. The van der Waals surface area contributed by atoms with Crippen molar-refractivity contribution in [2.75, 3.05) is 20.8 Å². The predicted molar refractivity (Wildman–Crippen MR) is 130 cm³/mol. The summed E-state index contributed by atoms with van der Waals surface area (Å²) in [5.41, 5.74) is 1.73. The first kappa shape index (κ1) is 24.6. The third-order valence-electron chi connectivity index (χ3n) is 5.43. The number of amides is 2. The van der Waals surface area contributed by atoms with Crippen LogP contribution in [0, 0.1) is 0 Å². The van der Waals surface area contributed by atoms with Gasteiger partial charge >= 0.3 is 0 Å². The highest BCUT2D eigenvalue weighted by atomic mass is 16.5. The van der Waals surface area contributed by atoms with Gasteiger partial charge in [-0.15, -0.1) is 0 Å². The average molecular weight is 463 g/mol. The van der Waals surface area contributed by atoms with Crippen molar-refractivity contribution in [1.29, 1.82) is 0 Å². The molecule has 0 radical (unpaired) electrons. The van der Waals surface area contributed by atoms with Gasteiger partial charge < -0.3 is 24.4 Å². The molecule has 7 nitrogen and oxygen atoms in total. The van der Waals surface area contributed by atoms with E-state index in [4.69, 9.17) is 14.2 Å². The Hall–Kier alpha value is -4.00. The summed E-state index contributed by atoms with van der Waals surface area (Å²) in [6.45, 7) is 2.08. The van der Waals surface area contributed by atoms with Gasteiger partial charge in [0.15, 0.2) is 6.61 Å². The van der Waals surface area contributed by atoms with Gasteiger partial charge in [0.2, 0.25) is 5.91 Å². The van der Waals surface area contributed by atoms with E-state index >= 15 is 0 Å². The van der Waals surface area contributed by atoms with Gasteiger partial charge in [-0.2, -0.15) is 0 Å². The monoisotopic (exact) mass is 462 g/mol. The Morgan fingerprint density at radius 3 is 2.21 bits per heavy atom. The van der Waals surface area contributed by atoms with Crippen molar-refractivity contribution < 1.29 is 23.8 Å². The zero-order valence-electron chi connectivity index (χ0n) is 19.7. The molecule has 0 heterocycles. The molecule has 7 heteroatoms. The van der Waals surface area contributed by atoms with Crippen LogP contribution in [0.15, 0.2) is 78.9 Å². The SMILES string of the molecule is COc1ccc(CN(C(=O)COc2ccccc2)C(C)C(=O)NCc2ccccc2OC)cc1. The Morgan fingerprint density at radius 1 is 0.853 bits per heavy atom. The van der Waals surface area contributed by atoms with E-state index in [0.29, 0.717) is 11.5 Å². The van der Waals surface area contributed by atoms with Gasteiger partial charge in [0.25, 0.3) is 5.91 Å². The summed E-state index contributed by atoms with van der Waals surface area (Å²) in [4.78, 5) is 27.7. The van der Waals surface area contributed by atoms with E-state index in [1.54, 1.807) is 33.3 Å². The van der Waals surface area contributed by atoms with Crippen LogP contribution in [0.5, 0.6) is 17.2 Å². The summed E-state index contributed by atoms with van der Waals surface area (Å²) in [5, 5.41) is 2.91. The van der Waals surface area contributed by atoms with Crippen LogP contribution in [0.4, 0.5) is 0 Å². The second-order valence-corrected chi connectivity index (χ2v) is 7.68. The summed E-state index contributed by atoms with van der Waals surface area (Å²) >= 11 is 0. The molecule has 0 spiro atoms. The lowest BCUT2D eigenvalue weighted by atomic mass is 10.1. The molecule has 0 fully saturated rings. The van der Waals surface area contributed by atoms with E-state index in [2.05, 4.69) is 5.32 Å². The van der Waals surface area contributed by atoms with Crippen molar-refractivity contribution in [3.63, 3.8) is 0 Å². The predicted octanol–water partition coefficient (Wildman–Crippen LogP) is 3.82. The maximum absolute atomic E-state index is 13.1. The van der Waals surface area contributed by atoms with Gasteiger partial charge in [-0.3, -0.25) is 9.59 Å². The van der Waals surface area contributed by atoms with Crippen molar-refractivity contribution in [3.8, 4) is 17.2 Å². The molecular weight excluding hydrogens is 432 g/mol. The molecule has 3 aromatic carbocycles. The van der Waals surface area contributed by atoms with Gasteiger partial charge in [0, 0.05) is 18.7 Å². The van der Waals surface area contributed by atoms with Crippen LogP contribution in [0.3, 0.4) is 0 Å². The van der Waals surface area contributed by atoms with Crippen LogP contribution < -0.4 is 19.5 Å². The fraction of sp³-hybridized carbons (Fsp3) is 0.259. The molecule has 178 valence electrons. The van der Waals surface area contributed by atoms with Gasteiger partial charge in [0.1, 0.15) is 23.3 Å². The van der Waals surface area contributed by atoms with E-state index in [1.165, 1.54) is 4.90 Å². The number of nitrogens with zero attached hydrogens (tertiary/aromatic N) is 1. The Kier molecular flexibility index (Phi) is 8.91. The van der Waals surface area contributed by atoms with Crippen molar-refractivity contribution >= 4 is 11.8 Å². The minimum atomic E-state index is -0.719. The zero-order chi connectivity index (χ0) is 24.3. The Balaban J connectivity index is 1.71. The van der Waals surface area contributed by atoms with Crippen molar-refractivity contribution in [1.82, 2.24) is 10.2 Å². The van der Waals surface area contributed by atoms with E-state index in [0.717, 1.165) is 16.9 Å². The minimum Gasteiger partial charge on any atom is -0.497 e. The lowest BCUT2D eigenvalue weighted by molar-refractivity contribution is -0.142. The number of hydrogen-bond donors (Lipinski definition) is 1. The zero-order valence-corrected chi connectivity index (χ0v) is 19.7. The molecule has 3 aromatic rings. The molecule has 0 aliphatic heterocycles. The summed E-state index contributed by atoms with van der Waals surface area (Å²) in [7, 11) is 3.19. The van der Waals surface area contributed by atoms with Crippen molar-refractivity contribution in [3.05, 3.63) is 90.0 Å². The highest BCUT2D eigenvalue weighted by Crippen LogP contribution is 2.18. The molecule has 0 bridgehead atoms. The van der Waals surface area contributed by atoms with Crippen LogP contribution in [-0.4, -0.2) is 43.6 Å².